The van der Waals surface area contributed by atoms with Gasteiger partial charge in [-0.15, -0.1) is 0 Å². The molecule has 0 unspecified atom stereocenters. The second-order valence-electron chi connectivity index (χ2n) is 6.96. The fourth-order valence-electron chi connectivity index (χ4n) is 2.56. The van der Waals surface area contributed by atoms with Gasteiger partial charge in [0.15, 0.2) is 5.88 Å². The molecule has 110 valence electrons. The van der Waals surface area contributed by atoms with Gasteiger partial charge < -0.3 is 9.64 Å². The Hall–Kier alpha value is -1.44. The maximum Gasteiger partial charge on any atom is 0.182 e. The van der Waals surface area contributed by atoms with E-state index in [-0.39, 0.29) is 5.60 Å². The zero-order chi connectivity index (χ0) is 14.9. The quantitative estimate of drug-likeness (QED) is 0.754. The molecule has 1 heterocycles. The fraction of sp³-hybridized carbons (Fsp3) is 0.556. The Morgan fingerprint density at radius 3 is 2.55 bits per heavy atom. The van der Waals surface area contributed by atoms with Crippen LogP contribution in [0.3, 0.4) is 0 Å². The molecule has 0 bridgehead atoms. The molecule has 1 aromatic rings. The Kier molecular flexibility index (Phi) is 4.12. The zero-order valence-corrected chi connectivity index (χ0v) is 13.5. The highest BCUT2D eigenvalue weighted by atomic mass is 16.5. The van der Waals surface area contributed by atoms with E-state index < -0.39 is 0 Å². The molecule has 0 N–H and O–H groups in total. The van der Waals surface area contributed by atoms with E-state index >= 15 is 0 Å². The van der Waals surface area contributed by atoms with Crippen LogP contribution in [0.4, 0.5) is 0 Å². The lowest BCUT2D eigenvalue weighted by molar-refractivity contribution is -0.000685. The van der Waals surface area contributed by atoms with E-state index in [9.17, 15) is 0 Å². The standard InChI is InChI=1S/C18H27NO/c1-13(2)15-7-8-17-12-19(10-9-16(17)11-15)14(3)20-18(4,5)6/h7-8,11,13H,3,9-10,12H2,1-2,4-6H3. The van der Waals surface area contributed by atoms with Crippen molar-refractivity contribution >= 4 is 0 Å². The average molecular weight is 273 g/mol. The predicted molar refractivity (Wildman–Crippen MR) is 84.6 cm³/mol. The van der Waals surface area contributed by atoms with E-state index in [0.717, 1.165) is 25.4 Å². The number of hydrogen-bond donors (Lipinski definition) is 0. The van der Waals surface area contributed by atoms with Gasteiger partial charge in [-0.2, -0.15) is 0 Å². The summed E-state index contributed by atoms with van der Waals surface area (Å²) in [6.45, 7) is 16.7. The highest BCUT2D eigenvalue weighted by Crippen LogP contribution is 2.27. The van der Waals surface area contributed by atoms with E-state index in [0.29, 0.717) is 5.92 Å². The molecule has 0 saturated carbocycles. The van der Waals surface area contributed by atoms with Crippen molar-refractivity contribution in [2.75, 3.05) is 6.54 Å². The van der Waals surface area contributed by atoms with E-state index in [1.54, 1.807) is 0 Å². The van der Waals surface area contributed by atoms with Gasteiger partial charge >= 0.3 is 0 Å². The minimum Gasteiger partial charge on any atom is -0.474 e. The fourth-order valence-corrected chi connectivity index (χ4v) is 2.56. The maximum absolute atomic E-state index is 5.89. The number of rotatable bonds is 3. The first-order valence-corrected chi connectivity index (χ1v) is 7.51. The molecule has 0 aliphatic carbocycles. The van der Waals surface area contributed by atoms with Crippen molar-refractivity contribution in [1.29, 1.82) is 0 Å². The highest BCUT2D eigenvalue weighted by Gasteiger charge is 2.21. The molecule has 2 nitrogen and oxygen atoms in total. The second kappa shape index (κ2) is 5.51. The molecular formula is C18H27NO. The van der Waals surface area contributed by atoms with Crippen LogP contribution >= 0.6 is 0 Å². The number of fused-ring (bicyclic) bond motifs is 1. The normalized spacial score (nSPS) is 15.2. The van der Waals surface area contributed by atoms with Crippen LogP contribution in [-0.2, 0) is 17.7 Å². The van der Waals surface area contributed by atoms with Crippen LogP contribution in [0.25, 0.3) is 0 Å². The van der Waals surface area contributed by atoms with Gasteiger partial charge in [0, 0.05) is 13.1 Å². The average Bonchev–Trinajstić information content (AvgIpc) is 2.35. The van der Waals surface area contributed by atoms with Gasteiger partial charge in [-0.1, -0.05) is 32.0 Å². The Labute approximate surface area is 123 Å². The van der Waals surface area contributed by atoms with Crippen LogP contribution in [0.1, 0.15) is 57.2 Å². The SMILES string of the molecule is C=C(OC(C)(C)C)N1CCc2cc(C(C)C)ccc2C1. The Balaban J connectivity index is 2.10. The van der Waals surface area contributed by atoms with Gasteiger partial charge in [0.05, 0.1) is 0 Å². The van der Waals surface area contributed by atoms with E-state index in [1.807, 2.05) is 0 Å². The van der Waals surface area contributed by atoms with Gasteiger partial charge in [-0.25, -0.2) is 0 Å². The van der Waals surface area contributed by atoms with Crippen LogP contribution in [-0.4, -0.2) is 17.0 Å². The molecule has 0 spiro atoms. The summed E-state index contributed by atoms with van der Waals surface area (Å²) < 4.78 is 5.89. The number of ether oxygens (including phenoxy) is 1. The van der Waals surface area contributed by atoms with Crippen molar-refractivity contribution in [2.24, 2.45) is 0 Å². The van der Waals surface area contributed by atoms with Crippen LogP contribution in [0.5, 0.6) is 0 Å². The minimum atomic E-state index is -0.182. The lowest BCUT2D eigenvalue weighted by Crippen LogP contribution is -2.33. The lowest BCUT2D eigenvalue weighted by atomic mass is 9.93. The summed E-state index contributed by atoms with van der Waals surface area (Å²) in [4.78, 5) is 2.24. The molecule has 0 amide bonds. The summed E-state index contributed by atoms with van der Waals surface area (Å²) in [5.74, 6) is 1.38. The van der Waals surface area contributed by atoms with Crippen molar-refractivity contribution in [3.8, 4) is 0 Å². The molecule has 0 radical (unpaired) electrons. The molecule has 0 fully saturated rings. The van der Waals surface area contributed by atoms with Crippen LogP contribution < -0.4 is 0 Å². The summed E-state index contributed by atoms with van der Waals surface area (Å²) in [5.41, 5.74) is 4.14. The largest absolute Gasteiger partial charge is 0.474 e. The topological polar surface area (TPSA) is 12.5 Å². The molecular weight excluding hydrogens is 246 g/mol. The first-order chi connectivity index (χ1) is 9.26. The third-order valence-electron chi connectivity index (χ3n) is 3.69. The molecule has 2 heteroatoms. The highest BCUT2D eigenvalue weighted by molar-refractivity contribution is 5.35. The summed E-state index contributed by atoms with van der Waals surface area (Å²) in [6, 6.07) is 6.88. The maximum atomic E-state index is 5.89. The van der Waals surface area contributed by atoms with Gasteiger partial charge in [0.2, 0.25) is 0 Å². The van der Waals surface area contributed by atoms with Gasteiger partial charge in [0.1, 0.15) is 5.60 Å². The van der Waals surface area contributed by atoms with E-state index in [2.05, 4.69) is 64.3 Å². The lowest BCUT2D eigenvalue weighted by Gasteiger charge is -2.35. The number of hydrogen-bond acceptors (Lipinski definition) is 2. The molecule has 2 rings (SSSR count). The molecule has 1 aliphatic rings. The van der Waals surface area contributed by atoms with E-state index in [4.69, 9.17) is 4.74 Å². The van der Waals surface area contributed by atoms with Crippen LogP contribution in [0, 0.1) is 0 Å². The minimum absolute atomic E-state index is 0.182. The molecule has 20 heavy (non-hydrogen) atoms. The Morgan fingerprint density at radius 1 is 1.25 bits per heavy atom. The first-order valence-electron chi connectivity index (χ1n) is 7.51. The summed E-state index contributed by atoms with van der Waals surface area (Å²) in [7, 11) is 0. The zero-order valence-electron chi connectivity index (χ0n) is 13.5. The summed E-state index contributed by atoms with van der Waals surface area (Å²) in [6.07, 6.45) is 1.07. The molecule has 0 saturated heterocycles. The predicted octanol–water partition coefficient (Wildman–Crippen LogP) is 4.45. The van der Waals surface area contributed by atoms with Crippen LogP contribution in [0.2, 0.25) is 0 Å². The third-order valence-corrected chi connectivity index (χ3v) is 3.69. The van der Waals surface area contributed by atoms with E-state index in [1.165, 1.54) is 16.7 Å². The summed E-state index contributed by atoms with van der Waals surface area (Å²) >= 11 is 0. The Morgan fingerprint density at radius 2 is 1.95 bits per heavy atom. The monoisotopic (exact) mass is 273 g/mol. The third kappa shape index (κ3) is 3.56. The second-order valence-corrected chi connectivity index (χ2v) is 6.96. The Bertz CT molecular complexity index is 497. The molecule has 1 aromatic carbocycles. The molecule has 0 atom stereocenters. The van der Waals surface area contributed by atoms with Crippen molar-refractivity contribution in [3.63, 3.8) is 0 Å². The summed E-state index contributed by atoms with van der Waals surface area (Å²) in [5, 5.41) is 0. The molecule has 1 aliphatic heterocycles. The van der Waals surface area contributed by atoms with Crippen molar-refractivity contribution in [1.82, 2.24) is 4.90 Å². The number of benzene rings is 1. The van der Waals surface area contributed by atoms with Crippen molar-refractivity contribution < 1.29 is 4.74 Å². The van der Waals surface area contributed by atoms with Gasteiger partial charge in [-0.3, -0.25) is 0 Å². The van der Waals surface area contributed by atoms with Crippen molar-refractivity contribution in [3.05, 3.63) is 47.4 Å². The van der Waals surface area contributed by atoms with Crippen LogP contribution in [0.15, 0.2) is 30.7 Å². The number of nitrogens with zero attached hydrogens (tertiary/aromatic N) is 1. The first kappa shape index (κ1) is 15.0. The molecule has 0 aromatic heterocycles. The van der Waals surface area contributed by atoms with Gasteiger partial charge in [-0.05, 0) is 56.4 Å². The van der Waals surface area contributed by atoms with Crippen molar-refractivity contribution in [2.45, 2.75) is 59.1 Å². The van der Waals surface area contributed by atoms with Gasteiger partial charge in [0.25, 0.3) is 0 Å². The smallest absolute Gasteiger partial charge is 0.182 e.